The zero-order chi connectivity index (χ0) is 11.5. The Kier molecular flexibility index (Phi) is 3.49. The number of rotatable bonds is 3. The molecule has 1 heterocycles. The smallest absolute Gasteiger partial charge is 0.196 e. The average molecular weight is 257 g/mol. The predicted octanol–water partition coefficient (Wildman–Crippen LogP) is 3.15. The minimum Gasteiger partial charge on any atom is -0.441 e. The first-order chi connectivity index (χ1) is 7.70. The van der Waals surface area contributed by atoms with Crippen molar-refractivity contribution < 1.29 is 4.42 Å². The third-order valence-corrected chi connectivity index (χ3v) is 2.67. The first-order valence-corrected chi connectivity index (χ1v) is 5.56. The van der Waals surface area contributed by atoms with Crippen molar-refractivity contribution in [2.45, 2.75) is 6.42 Å². The first kappa shape index (κ1) is 11.5. The highest BCUT2D eigenvalue weighted by Crippen LogP contribution is 2.30. The van der Waals surface area contributed by atoms with Crippen molar-refractivity contribution >= 4 is 23.2 Å². The highest BCUT2D eigenvalue weighted by Gasteiger charge is 2.10. The van der Waals surface area contributed by atoms with Crippen LogP contribution in [-0.4, -0.2) is 11.5 Å². The summed E-state index contributed by atoms with van der Waals surface area (Å²) in [5, 5.41) is 1.19. The van der Waals surface area contributed by atoms with Crippen LogP contribution in [0.5, 0.6) is 0 Å². The first-order valence-electron chi connectivity index (χ1n) is 4.81. The van der Waals surface area contributed by atoms with Crippen molar-refractivity contribution in [1.82, 2.24) is 4.98 Å². The van der Waals surface area contributed by atoms with Crippen molar-refractivity contribution in [2.75, 3.05) is 6.54 Å². The standard InChI is InChI=1S/C11H10Cl2N2O/c12-7-1-2-9(13)8(5-7)10-6-15-11(16-10)3-4-14/h1-2,5-6H,3-4,14H2. The fourth-order valence-electron chi connectivity index (χ4n) is 1.36. The van der Waals surface area contributed by atoms with Gasteiger partial charge in [-0.3, -0.25) is 0 Å². The molecule has 0 fully saturated rings. The molecule has 0 aliphatic rings. The van der Waals surface area contributed by atoms with E-state index in [4.69, 9.17) is 33.4 Å². The van der Waals surface area contributed by atoms with Gasteiger partial charge in [-0.2, -0.15) is 0 Å². The van der Waals surface area contributed by atoms with Gasteiger partial charge in [0.15, 0.2) is 11.7 Å². The van der Waals surface area contributed by atoms with E-state index in [1.807, 2.05) is 0 Å². The summed E-state index contributed by atoms with van der Waals surface area (Å²) in [7, 11) is 0. The van der Waals surface area contributed by atoms with E-state index < -0.39 is 0 Å². The Morgan fingerprint density at radius 2 is 2.12 bits per heavy atom. The lowest BCUT2D eigenvalue weighted by atomic mass is 10.2. The van der Waals surface area contributed by atoms with Crippen LogP contribution in [0, 0.1) is 0 Å². The lowest BCUT2D eigenvalue weighted by Gasteiger charge is -2.00. The van der Waals surface area contributed by atoms with Gasteiger partial charge < -0.3 is 10.2 Å². The Labute approximate surface area is 103 Å². The van der Waals surface area contributed by atoms with E-state index >= 15 is 0 Å². The summed E-state index contributed by atoms with van der Waals surface area (Å²) in [6.45, 7) is 0.503. The maximum Gasteiger partial charge on any atom is 0.196 e. The quantitative estimate of drug-likeness (QED) is 0.918. The lowest BCUT2D eigenvalue weighted by molar-refractivity contribution is 0.508. The number of nitrogens with two attached hydrogens (primary N) is 1. The van der Waals surface area contributed by atoms with Gasteiger partial charge in [0, 0.05) is 23.6 Å². The molecule has 0 saturated carbocycles. The van der Waals surface area contributed by atoms with Gasteiger partial charge in [-0.15, -0.1) is 0 Å². The van der Waals surface area contributed by atoms with E-state index in [2.05, 4.69) is 4.98 Å². The minimum atomic E-state index is 0.503. The molecule has 2 rings (SSSR count). The van der Waals surface area contributed by atoms with Gasteiger partial charge in [-0.1, -0.05) is 23.2 Å². The molecule has 1 aromatic heterocycles. The van der Waals surface area contributed by atoms with Crippen LogP contribution in [0.2, 0.25) is 10.0 Å². The van der Waals surface area contributed by atoms with Crippen LogP contribution in [0.25, 0.3) is 11.3 Å². The fraction of sp³-hybridized carbons (Fsp3) is 0.182. The molecule has 0 bridgehead atoms. The van der Waals surface area contributed by atoms with Gasteiger partial charge in [-0.05, 0) is 18.2 Å². The molecule has 84 valence electrons. The van der Waals surface area contributed by atoms with Gasteiger partial charge in [-0.25, -0.2) is 4.98 Å². The molecule has 0 aliphatic carbocycles. The Morgan fingerprint density at radius 1 is 1.31 bits per heavy atom. The third kappa shape index (κ3) is 2.38. The predicted molar refractivity (Wildman–Crippen MR) is 64.7 cm³/mol. The van der Waals surface area contributed by atoms with Crippen molar-refractivity contribution in [3.8, 4) is 11.3 Å². The molecule has 0 saturated heterocycles. The maximum absolute atomic E-state index is 6.05. The summed E-state index contributed by atoms with van der Waals surface area (Å²) in [5.74, 6) is 1.21. The summed E-state index contributed by atoms with van der Waals surface area (Å²) in [6, 6.07) is 5.20. The molecule has 2 N–H and O–H groups in total. The SMILES string of the molecule is NCCc1ncc(-c2cc(Cl)ccc2Cl)o1. The summed E-state index contributed by atoms with van der Waals surface area (Å²) in [4.78, 5) is 4.10. The summed E-state index contributed by atoms with van der Waals surface area (Å²) in [6.07, 6.45) is 2.24. The van der Waals surface area contributed by atoms with E-state index in [1.54, 1.807) is 24.4 Å². The van der Waals surface area contributed by atoms with Crippen LogP contribution < -0.4 is 5.73 Å². The summed E-state index contributed by atoms with van der Waals surface area (Å²) >= 11 is 11.9. The molecule has 0 aliphatic heterocycles. The monoisotopic (exact) mass is 256 g/mol. The maximum atomic E-state index is 6.05. The molecular weight excluding hydrogens is 247 g/mol. The molecule has 3 nitrogen and oxygen atoms in total. The summed E-state index contributed by atoms with van der Waals surface area (Å²) in [5.41, 5.74) is 6.16. The highest BCUT2D eigenvalue weighted by atomic mass is 35.5. The Hall–Kier alpha value is -1.03. The van der Waals surface area contributed by atoms with Crippen LogP contribution in [0.3, 0.4) is 0 Å². The molecule has 0 amide bonds. The zero-order valence-corrected chi connectivity index (χ0v) is 9.92. The Balaban J connectivity index is 2.38. The van der Waals surface area contributed by atoms with Crippen molar-refractivity contribution in [2.24, 2.45) is 5.73 Å². The highest BCUT2D eigenvalue weighted by molar-refractivity contribution is 6.35. The third-order valence-electron chi connectivity index (χ3n) is 2.11. The topological polar surface area (TPSA) is 52.0 Å². The molecule has 0 radical (unpaired) electrons. The van der Waals surface area contributed by atoms with E-state index in [0.717, 1.165) is 5.56 Å². The molecule has 16 heavy (non-hydrogen) atoms. The van der Waals surface area contributed by atoms with Crippen LogP contribution in [0.4, 0.5) is 0 Å². The van der Waals surface area contributed by atoms with E-state index in [0.29, 0.717) is 34.7 Å². The lowest BCUT2D eigenvalue weighted by Crippen LogP contribution is -2.02. The van der Waals surface area contributed by atoms with Gasteiger partial charge in [0.05, 0.1) is 11.2 Å². The zero-order valence-electron chi connectivity index (χ0n) is 8.41. The molecule has 2 aromatic rings. The number of hydrogen-bond donors (Lipinski definition) is 1. The second-order valence-corrected chi connectivity index (χ2v) is 4.12. The number of halogens is 2. The molecule has 0 unspecified atom stereocenters. The number of aromatic nitrogens is 1. The second kappa shape index (κ2) is 4.87. The Morgan fingerprint density at radius 3 is 2.88 bits per heavy atom. The summed E-state index contributed by atoms with van der Waals surface area (Å²) < 4.78 is 5.51. The van der Waals surface area contributed by atoms with Crippen LogP contribution in [0.15, 0.2) is 28.8 Å². The number of hydrogen-bond acceptors (Lipinski definition) is 3. The number of benzene rings is 1. The molecular formula is C11H10Cl2N2O. The number of oxazole rings is 1. The largest absolute Gasteiger partial charge is 0.441 e. The number of nitrogens with zero attached hydrogens (tertiary/aromatic N) is 1. The van der Waals surface area contributed by atoms with E-state index in [1.165, 1.54) is 0 Å². The average Bonchev–Trinajstić information content (AvgIpc) is 2.71. The van der Waals surface area contributed by atoms with Gasteiger partial charge in [0.1, 0.15) is 0 Å². The van der Waals surface area contributed by atoms with Gasteiger partial charge in [0.2, 0.25) is 0 Å². The Bertz CT molecular complexity index is 496. The minimum absolute atomic E-state index is 0.503. The molecule has 0 atom stereocenters. The van der Waals surface area contributed by atoms with Crippen molar-refractivity contribution in [3.05, 3.63) is 40.3 Å². The molecule has 5 heteroatoms. The molecule has 0 spiro atoms. The second-order valence-electron chi connectivity index (χ2n) is 3.28. The van der Waals surface area contributed by atoms with E-state index in [-0.39, 0.29) is 0 Å². The van der Waals surface area contributed by atoms with Crippen molar-refractivity contribution in [1.29, 1.82) is 0 Å². The van der Waals surface area contributed by atoms with Crippen LogP contribution >= 0.6 is 23.2 Å². The van der Waals surface area contributed by atoms with Crippen molar-refractivity contribution in [3.63, 3.8) is 0 Å². The molecule has 1 aromatic carbocycles. The fourth-order valence-corrected chi connectivity index (χ4v) is 1.74. The normalized spacial score (nSPS) is 10.7. The van der Waals surface area contributed by atoms with Gasteiger partial charge >= 0.3 is 0 Å². The van der Waals surface area contributed by atoms with Crippen LogP contribution in [-0.2, 0) is 6.42 Å². The van der Waals surface area contributed by atoms with Crippen LogP contribution in [0.1, 0.15) is 5.89 Å². The van der Waals surface area contributed by atoms with Gasteiger partial charge in [0.25, 0.3) is 0 Å². The van der Waals surface area contributed by atoms with E-state index in [9.17, 15) is 0 Å².